The van der Waals surface area contributed by atoms with Crippen LogP contribution in [0.25, 0.3) is 0 Å². The molecule has 0 bridgehead atoms. The number of hydrogen-bond donors (Lipinski definition) is 1. The monoisotopic (exact) mass is 198 g/mol. The van der Waals surface area contributed by atoms with Gasteiger partial charge in [-0.1, -0.05) is 39.5 Å². The van der Waals surface area contributed by atoms with Gasteiger partial charge in [-0.2, -0.15) is 0 Å². The minimum atomic E-state index is -0.650. The predicted octanol–water partition coefficient (Wildman–Crippen LogP) is 3.31. The van der Waals surface area contributed by atoms with Gasteiger partial charge < -0.3 is 5.11 Å². The van der Waals surface area contributed by atoms with Crippen molar-refractivity contribution in [1.29, 1.82) is 0 Å². The summed E-state index contributed by atoms with van der Waals surface area (Å²) in [5, 5.41) is 8.79. The zero-order valence-electron chi connectivity index (χ0n) is 9.33. The molecule has 14 heavy (non-hydrogen) atoms. The van der Waals surface area contributed by atoms with Crippen molar-refractivity contribution in [3.63, 3.8) is 0 Å². The van der Waals surface area contributed by atoms with Crippen LogP contribution in [0, 0.1) is 17.8 Å². The first kappa shape index (κ1) is 11.5. The number of hydrogen-bond acceptors (Lipinski definition) is 1. The van der Waals surface area contributed by atoms with Crippen molar-refractivity contribution in [2.45, 2.75) is 52.4 Å². The van der Waals surface area contributed by atoms with Crippen molar-refractivity contribution < 1.29 is 9.90 Å². The summed E-state index contributed by atoms with van der Waals surface area (Å²) in [6, 6.07) is 0. The van der Waals surface area contributed by atoms with Crippen LogP contribution in [0.5, 0.6) is 0 Å². The standard InChI is InChI=1S/C12H22O2/c1-9(7-10(2)12(13)14)8-11-5-3-4-6-11/h9-11H,3-8H2,1-2H3,(H,13,14). The third-order valence-corrected chi connectivity index (χ3v) is 3.39. The van der Waals surface area contributed by atoms with Gasteiger partial charge in [0.15, 0.2) is 0 Å². The summed E-state index contributed by atoms with van der Waals surface area (Å²) in [4.78, 5) is 10.7. The van der Waals surface area contributed by atoms with E-state index in [0.29, 0.717) is 5.92 Å². The Kier molecular flexibility index (Phi) is 4.43. The molecule has 82 valence electrons. The largest absolute Gasteiger partial charge is 0.481 e. The average Bonchev–Trinajstić information content (AvgIpc) is 2.56. The smallest absolute Gasteiger partial charge is 0.306 e. The Hall–Kier alpha value is -0.530. The zero-order chi connectivity index (χ0) is 10.6. The first-order valence-electron chi connectivity index (χ1n) is 5.82. The lowest BCUT2D eigenvalue weighted by molar-refractivity contribution is -0.141. The maximum atomic E-state index is 10.7. The molecule has 0 aliphatic heterocycles. The van der Waals surface area contributed by atoms with Crippen LogP contribution in [-0.2, 0) is 4.79 Å². The molecule has 0 aromatic carbocycles. The summed E-state index contributed by atoms with van der Waals surface area (Å²) in [5.74, 6) is 0.630. The van der Waals surface area contributed by atoms with Crippen molar-refractivity contribution in [3.8, 4) is 0 Å². The minimum absolute atomic E-state index is 0.175. The highest BCUT2D eigenvalue weighted by Crippen LogP contribution is 2.32. The molecule has 0 saturated heterocycles. The van der Waals surface area contributed by atoms with E-state index in [-0.39, 0.29) is 5.92 Å². The first-order chi connectivity index (χ1) is 6.59. The fourth-order valence-corrected chi connectivity index (χ4v) is 2.62. The maximum absolute atomic E-state index is 10.7. The summed E-state index contributed by atoms with van der Waals surface area (Å²) in [6.07, 6.45) is 7.57. The van der Waals surface area contributed by atoms with Crippen LogP contribution in [0.15, 0.2) is 0 Å². The summed E-state index contributed by atoms with van der Waals surface area (Å²) in [7, 11) is 0. The topological polar surface area (TPSA) is 37.3 Å². The maximum Gasteiger partial charge on any atom is 0.306 e. The van der Waals surface area contributed by atoms with Crippen LogP contribution in [0.3, 0.4) is 0 Å². The average molecular weight is 198 g/mol. The van der Waals surface area contributed by atoms with Crippen LogP contribution < -0.4 is 0 Å². The zero-order valence-corrected chi connectivity index (χ0v) is 9.33. The highest BCUT2D eigenvalue weighted by Gasteiger charge is 2.20. The van der Waals surface area contributed by atoms with Gasteiger partial charge >= 0.3 is 5.97 Å². The molecule has 2 unspecified atom stereocenters. The van der Waals surface area contributed by atoms with Crippen LogP contribution in [0.1, 0.15) is 52.4 Å². The molecule has 1 N–H and O–H groups in total. The lowest BCUT2D eigenvalue weighted by Crippen LogP contribution is -2.14. The van der Waals surface area contributed by atoms with Gasteiger partial charge in [-0.25, -0.2) is 0 Å². The molecule has 1 rings (SSSR count). The number of carboxylic acids is 1. The molecule has 0 heterocycles. The lowest BCUT2D eigenvalue weighted by atomic mass is 9.88. The highest BCUT2D eigenvalue weighted by molar-refractivity contribution is 5.69. The Bertz CT molecular complexity index is 183. The quantitative estimate of drug-likeness (QED) is 0.735. The van der Waals surface area contributed by atoms with Gasteiger partial charge in [0.1, 0.15) is 0 Å². The molecule has 0 radical (unpaired) electrons. The van der Waals surface area contributed by atoms with E-state index < -0.39 is 5.97 Å². The molecule has 0 aromatic rings. The normalized spacial score (nSPS) is 22.1. The molecule has 1 fully saturated rings. The van der Waals surface area contributed by atoms with Gasteiger partial charge in [0.05, 0.1) is 5.92 Å². The molecule has 0 amide bonds. The van der Waals surface area contributed by atoms with E-state index in [1.54, 1.807) is 0 Å². The summed E-state index contributed by atoms with van der Waals surface area (Å²) < 4.78 is 0. The number of aliphatic carboxylic acids is 1. The second kappa shape index (κ2) is 5.38. The van der Waals surface area contributed by atoms with Gasteiger partial charge in [0.25, 0.3) is 0 Å². The van der Waals surface area contributed by atoms with Gasteiger partial charge in [0.2, 0.25) is 0 Å². The Labute approximate surface area is 86.7 Å². The fourth-order valence-electron chi connectivity index (χ4n) is 2.62. The van der Waals surface area contributed by atoms with E-state index in [9.17, 15) is 4.79 Å². The molecule has 2 nitrogen and oxygen atoms in total. The Morgan fingerprint density at radius 1 is 1.36 bits per heavy atom. The second-order valence-electron chi connectivity index (χ2n) is 4.97. The van der Waals surface area contributed by atoms with Gasteiger partial charge in [-0.3, -0.25) is 4.79 Å². The molecular formula is C12H22O2. The third-order valence-electron chi connectivity index (χ3n) is 3.39. The molecule has 0 aromatic heterocycles. The second-order valence-corrected chi connectivity index (χ2v) is 4.97. The SMILES string of the molecule is CC(CC1CCCC1)CC(C)C(=O)O. The van der Waals surface area contributed by atoms with Crippen molar-refractivity contribution in [3.05, 3.63) is 0 Å². The molecule has 1 aliphatic rings. The van der Waals surface area contributed by atoms with Crippen molar-refractivity contribution in [2.24, 2.45) is 17.8 Å². The molecule has 2 atom stereocenters. The Balaban J connectivity index is 2.20. The van der Waals surface area contributed by atoms with E-state index >= 15 is 0 Å². The summed E-state index contributed by atoms with van der Waals surface area (Å²) in [6.45, 7) is 4.01. The molecule has 1 aliphatic carbocycles. The van der Waals surface area contributed by atoms with Gasteiger partial charge in [-0.15, -0.1) is 0 Å². The van der Waals surface area contributed by atoms with Crippen LogP contribution in [0.2, 0.25) is 0 Å². The Morgan fingerprint density at radius 2 is 1.93 bits per heavy atom. The first-order valence-corrected chi connectivity index (χ1v) is 5.82. The summed E-state index contributed by atoms with van der Waals surface area (Å²) >= 11 is 0. The third kappa shape index (κ3) is 3.69. The number of rotatable bonds is 5. The fraction of sp³-hybridized carbons (Fsp3) is 0.917. The molecule has 1 saturated carbocycles. The molecular weight excluding hydrogens is 176 g/mol. The van der Waals surface area contributed by atoms with E-state index in [0.717, 1.165) is 12.3 Å². The number of carbonyl (C=O) groups is 1. The van der Waals surface area contributed by atoms with E-state index in [2.05, 4.69) is 6.92 Å². The Morgan fingerprint density at radius 3 is 2.43 bits per heavy atom. The van der Waals surface area contributed by atoms with E-state index in [1.807, 2.05) is 6.92 Å². The van der Waals surface area contributed by atoms with Crippen molar-refractivity contribution in [1.82, 2.24) is 0 Å². The van der Waals surface area contributed by atoms with Crippen molar-refractivity contribution in [2.75, 3.05) is 0 Å². The van der Waals surface area contributed by atoms with Crippen LogP contribution in [-0.4, -0.2) is 11.1 Å². The lowest BCUT2D eigenvalue weighted by Gasteiger charge is -2.17. The van der Waals surface area contributed by atoms with Crippen molar-refractivity contribution >= 4 is 5.97 Å². The number of carboxylic acid groups (broad SMARTS) is 1. The molecule has 0 spiro atoms. The van der Waals surface area contributed by atoms with Crippen LogP contribution >= 0.6 is 0 Å². The van der Waals surface area contributed by atoms with E-state index in [4.69, 9.17) is 5.11 Å². The summed E-state index contributed by atoms with van der Waals surface area (Å²) in [5.41, 5.74) is 0. The highest BCUT2D eigenvalue weighted by atomic mass is 16.4. The van der Waals surface area contributed by atoms with E-state index in [1.165, 1.54) is 32.1 Å². The van der Waals surface area contributed by atoms with Gasteiger partial charge in [-0.05, 0) is 24.7 Å². The van der Waals surface area contributed by atoms with Gasteiger partial charge in [0, 0.05) is 0 Å². The minimum Gasteiger partial charge on any atom is -0.481 e. The predicted molar refractivity (Wildman–Crippen MR) is 57.2 cm³/mol. The molecule has 2 heteroatoms. The van der Waals surface area contributed by atoms with Crippen LogP contribution in [0.4, 0.5) is 0 Å².